The van der Waals surface area contributed by atoms with Crippen LogP contribution in [0.2, 0.25) is 0 Å². The van der Waals surface area contributed by atoms with Crippen LogP contribution in [0, 0.1) is 13.8 Å². The molecule has 0 fully saturated rings. The highest BCUT2D eigenvalue weighted by Gasteiger charge is 2.13. The largest absolute Gasteiger partial charge is 0.497 e. The van der Waals surface area contributed by atoms with E-state index in [4.69, 9.17) is 14.9 Å². The van der Waals surface area contributed by atoms with Gasteiger partial charge in [0.2, 0.25) is 5.89 Å². The van der Waals surface area contributed by atoms with E-state index in [0.29, 0.717) is 11.6 Å². The molecule has 0 aliphatic heterocycles. The molecule has 2 aromatic carbocycles. The number of methoxy groups -OCH3 is 1. The Labute approximate surface area is 117 Å². The molecule has 0 unspecified atom stereocenters. The average molecular weight is 268 g/mol. The zero-order chi connectivity index (χ0) is 14.3. The summed E-state index contributed by atoms with van der Waals surface area (Å²) in [5.41, 5.74) is 11.3. The molecule has 1 aromatic heterocycles. The molecule has 4 heteroatoms. The minimum Gasteiger partial charge on any atom is -0.497 e. The van der Waals surface area contributed by atoms with E-state index < -0.39 is 0 Å². The lowest BCUT2D eigenvalue weighted by Crippen LogP contribution is -1.95. The molecule has 4 nitrogen and oxygen atoms in total. The van der Waals surface area contributed by atoms with Crippen molar-refractivity contribution in [2.45, 2.75) is 13.8 Å². The van der Waals surface area contributed by atoms with Crippen molar-refractivity contribution >= 4 is 16.8 Å². The van der Waals surface area contributed by atoms with Gasteiger partial charge in [-0.15, -0.1) is 0 Å². The summed E-state index contributed by atoms with van der Waals surface area (Å²) in [5.74, 6) is 1.29. The van der Waals surface area contributed by atoms with Gasteiger partial charge < -0.3 is 14.9 Å². The number of nitrogens with two attached hydrogens (primary N) is 1. The van der Waals surface area contributed by atoms with Crippen LogP contribution >= 0.6 is 0 Å². The summed E-state index contributed by atoms with van der Waals surface area (Å²) in [6.45, 7) is 4.01. The van der Waals surface area contributed by atoms with Crippen molar-refractivity contribution in [3.05, 3.63) is 41.5 Å². The lowest BCUT2D eigenvalue weighted by Gasteiger charge is -2.06. The van der Waals surface area contributed by atoms with E-state index in [0.717, 1.165) is 33.5 Å². The number of benzene rings is 2. The predicted molar refractivity (Wildman–Crippen MR) is 79.9 cm³/mol. The Balaban J connectivity index is 2.20. The van der Waals surface area contributed by atoms with Crippen LogP contribution in [0.1, 0.15) is 11.1 Å². The molecule has 1 heterocycles. The Morgan fingerprint density at radius 3 is 2.70 bits per heavy atom. The Hall–Kier alpha value is -2.49. The second-order valence-corrected chi connectivity index (χ2v) is 4.90. The number of nitrogens with zero attached hydrogens (tertiary/aromatic N) is 1. The van der Waals surface area contributed by atoms with Crippen LogP contribution in [0.4, 0.5) is 5.69 Å². The highest BCUT2D eigenvalue weighted by atomic mass is 16.5. The number of hydrogen-bond acceptors (Lipinski definition) is 4. The number of rotatable bonds is 2. The number of oxazole rings is 1. The molecule has 0 saturated carbocycles. The molecule has 2 N–H and O–H groups in total. The van der Waals surface area contributed by atoms with Crippen molar-refractivity contribution in [1.82, 2.24) is 4.98 Å². The van der Waals surface area contributed by atoms with E-state index in [2.05, 4.69) is 4.98 Å². The number of hydrogen-bond donors (Lipinski definition) is 1. The number of ether oxygens (including phenoxy) is 1. The van der Waals surface area contributed by atoms with Gasteiger partial charge in [0, 0.05) is 11.8 Å². The summed E-state index contributed by atoms with van der Waals surface area (Å²) in [4.78, 5) is 4.51. The second-order valence-electron chi connectivity index (χ2n) is 4.90. The topological polar surface area (TPSA) is 61.3 Å². The van der Waals surface area contributed by atoms with Crippen LogP contribution in [0.15, 0.2) is 34.7 Å². The molecule has 0 saturated heterocycles. The van der Waals surface area contributed by atoms with Gasteiger partial charge in [0.1, 0.15) is 11.3 Å². The SMILES string of the molecule is COc1ccc2oc(-c3cc(C)cc(C)c3N)nc2c1. The smallest absolute Gasteiger partial charge is 0.229 e. The Morgan fingerprint density at radius 1 is 1.15 bits per heavy atom. The van der Waals surface area contributed by atoms with Gasteiger partial charge in [-0.25, -0.2) is 4.98 Å². The summed E-state index contributed by atoms with van der Waals surface area (Å²) in [5, 5.41) is 0. The molecule has 20 heavy (non-hydrogen) atoms. The molecule has 0 aliphatic carbocycles. The minimum atomic E-state index is 0.539. The van der Waals surface area contributed by atoms with Gasteiger partial charge >= 0.3 is 0 Å². The fourth-order valence-corrected chi connectivity index (χ4v) is 2.31. The molecule has 3 aromatic rings. The fraction of sp³-hybridized carbons (Fsp3) is 0.188. The second kappa shape index (κ2) is 4.56. The van der Waals surface area contributed by atoms with Crippen molar-refractivity contribution in [2.24, 2.45) is 0 Å². The molecule has 3 rings (SSSR count). The maximum Gasteiger partial charge on any atom is 0.229 e. The maximum absolute atomic E-state index is 6.14. The third-order valence-electron chi connectivity index (χ3n) is 3.36. The standard InChI is InChI=1S/C16H16N2O2/c1-9-6-10(2)15(17)12(7-9)16-18-13-8-11(19-3)4-5-14(13)20-16/h4-8H,17H2,1-3H3. The summed E-state index contributed by atoms with van der Waals surface area (Å²) in [6, 6.07) is 9.58. The number of aryl methyl sites for hydroxylation is 2. The van der Waals surface area contributed by atoms with E-state index in [1.54, 1.807) is 7.11 Å². The third-order valence-corrected chi connectivity index (χ3v) is 3.36. The number of fused-ring (bicyclic) bond motifs is 1. The molecule has 0 atom stereocenters. The Morgan fingerprint density at radius 2 is 1.95 bits per heavy atom. The van der Waals surface area contributed by atoms with Gasteiger partial charge in [0.15, 0.2) is 5.58 Å². The summed E-state index contributed by atoms with van der Waals surface area (Å²) >= 11 is 0. The van der Waals surface area contributed by atoms with Gasteiger partial charge in [-0.1, -0.05) is 6.07 Å². The van der Waals surface area contributed by atoms with Crippen molar-refractivity contribution in [1.29, 1.82) is 0 Å². The summed E-state index contributed by atoms with van der Waals surface area (Å²) in [6.07, 6.45) is 0. The van der Waals surface area contributed by atoms with Gasteiger partial charge in [0.05, 0.1) is 12.7 Å². The maximum atomic E-state index is 6.14. The monoisotopic (exact) mass is 268 g/mol. The van der Waals surface area contributed by atoms with Crippen LogP contribution in [-0.2, 0) is 0 Å². The summed E-state index contributed by atoms with van der Waals surface area (Å²) in [7, 11) is 1.63. The third kappa shape index (κ3) is 1.99. The number of aromatic nitrogens is 1. The van der Waals surface area contributed by atoms with E-state index >= 15 is 0 Å². The van der Waals surface area contributed by atoms with Crippen LogP contribution < -0.4 is 10.5 Å². The zero-order valence-electron chi connectivity index (χ0n) is 11.7. The van der Waals surface area contributed by atoms with E-state index in [1.165, 1.54) is 0 Å². The highest BCUT2D eigenvalue weighted by molar-refractivity contribution is 5.81. The van der Waals surface area contributed by atoms with Crippen molar-refractivity contribution in [2.75, 3.05) is 12.8 Å². The van der Waals surface area contributed by atoms with E-state index in [9.17, 15) is 0 Å². The van der Waals surface area contributed by atoms with Crippen molar-refractivity contribution in [3.63, 3.8) is 0 Å². The van der Waals surface area contributed by atoms with Gasteiger partial charge in [-0.3, -0.25) is 0 Å². The molecule has 0 bridgehead atoms. The lowest BCUT2D eigenvalue weighted by atomic mass is 10.0. The van der Waals surface area contributed by atoms with Gasteiger partial charge in [-0.2, -0.15) is 0 Å². The first kappa shape index (κ1) is 12.5. The van der Waals surface area contributed by atoms with E-state index in [-0.39, 0.29) is 0 Å². The first-order chi connectivity index (χ1) is 9.58. The molecule has 102 valence electrons. The number of nitrogen functional groups attached to an aromatic ring is 1. The molecular weight excluding hydrogens is 252 g/mol. The fourth-order valence-electron chi connectivity index (χ4n) is 2.31. The van der Waals surface area contributed by atoms with Crippen molar-refractivity contribution < 1.29 is 9.15 Å². The molecule has 0 spiro atoms. The predicted octanol–water partition coefficient (Wildman–Crippen LogP) is 3.70. The Bertz CT molecular complexity index is 791. The first-order valence-electron chi connectivity index (χ1n) is 6.40. The minimum absolute atomic E-state index is 0.539. The quantitative estimate of drug-likeness (QED) is 0.720. The molecule has 0 aliphatic rings. The molecule has 0 radical (unpaired) electrons. The number of anilines is 1. The van der Waals surface area contributed by atoms with Crippen LogP contribution in [0.3, 0.4) is 0 Å². The summed E-state index contributed by atoms with van der Waals surface area (Å²) < 4.78 is 11.0. The highest BCUT2D eigenvalue weighted by Crippen LogP contribution is 2.32. The molecular formula is C16H16N2O2. The van der Waals surface area contributed by atoms with Crippen molar-refractivity contribution in [3.8, 4) is 17.2 Å². The first-order valence-corrected chi connectivity index (χ1v) is 6.40. The zero-order valence-corrected chi connectivity index (χ0v) is 11.7. The van der Waals surface area contributed by atoms with Crippen LogP contribution in [0.25, 0.3) is 22.6 Å². The Kier molecular flexibility index (Phi) is 2.86. The lowest BCUT2D eigenvalue weighted by molar-refractivity contribution is 0.415. The average Bonchev–Trinajstić information content (AvgIpc) is 2.85. The van der Waals surface area contributed by atoms with E-state index in [1.807, 2.05) is 44.2 Å². The van der Waals surface area contributed by atoms with Crippen LogP contribution in [0.5, 0.6) is 5.75 Å². The molecule has 0 amide bonds. The van der Waals surface area contributed by atoms with Crippen LogP contribution in [-0.4, -0.2) is 12.1 Å². The normalized spacial score (nSPS) is 10.9. The van der Waals surface area contributed by atoms with Gasteiger partial charge in [-0.05, 0) is 43.2 Å². The van der Waals surface area contributed by atoms with Gasteiger partial charge in [0.25, 0.3) is 0 Å².